The van der Waals surface area contributed by atoms with E-state index in [0.29, 0.717) is 35.3 Å². The van der Waals surface area contributed by atoms with E-state index in [4.69, 9.17) is 32.5 Å². The maximum absolute atomic E-state index is 7.83. The third-order valence-corrected chi connectivity index (χ3v) is 11.5. The van der Waals surface area contributed by atoms with E-state index in [1.165, 1.54) is 0 Å². The predicted molar refractivity (Wildman–Crippen MR) is 241 cm³/mol. The zero-order valence-corrected chi connectivity index (χ0v) is 32.1. The molecule has 0 N–H and O–H groups in total. The normalized spacial score (nSPS) is 14.1. The Morgan fingerprint density at radius 1 is 0.500 bits per heavy atom. The third-order valence-electron chi connectivity index (χ3n) is 11.5. The number of fused-ring (bicyclic) bond motifs is 6. The molecule has 7 aromatic carbocycles. The van der Waals surface area contributed by atoms with Crippen molar-refractivity contribution in [2.24, 2.45) is 0 Å². The van der Waals surface area contributed by atoms with E-state index < -0.39 is 0 Å². The van der Waals surface area contributed by atoms with Crippen LogP contribution in [0.15, 0.2) is 180 Å². The second-order valence-corrected chi connectivity index (χ2v) is 14.9. The van der Waals surface area contributed by atoms with Crippen LogP contribution < -0.4 is 0 Å². The monoisotopic (exact) mass is 768 g/mol. The molecule has 1 aliphatic rings. The maximum Gasteiger partial charge on any atom is 0.188 e. The van der Waals surface area contributed by atoms with E-state index in [1.54, 1.807) is 0 Å². The van der Waals surface area contributed by atoms with Gasteiger partial charge in [0.15, 0.2) is 28.8 Å². The number of hydrogen-bond acceptors (Lipinski definition) is 4. The molecule has 0 saturated carbocycles. The van der Waals surface area contributed by atoms with E-state index in [1.807, 2.05) is 103 Å². The summed E-state index contributed by atoms with van der Waals surface area (Å²) in [7, 11) is 0. The van der Waals surface area contributed by atoms with Gasteiger partial charge >= 0.3 is 0 Å². The average molecular weight is 769 g/mol. The minimum Gasteiger partial charge on any atom is -0.456 e. The zero-order valence-electron chi connectivity index (χ0n) is 32.1. The number of benzene rings is 7. The fourth-order valence-electron chi connectivity index (χ4n) is 8.68. The molecule has 0 spiro atoms. The van der Waals surface area contributed by atoms with Crippen LogP contribution in [-0.2, 0) is 0 Å². The molecule has 0 saturated heterocycles. The number of para-hydroxylation sites is 1. The molecule has 0 fully saturated rings. The molecule has 7 nitrogen and oxygen atoms in total. The fourth-order valence-corrected chi connectivity index (χ4v) is 8.68. The molecule has 11 rings (SSSR count). The Kier molecular flexibility index (Phi) is 8.25. The van der Waals surface area contributed by atoms with Crippen molar-refractivity contribution < 1.29 is 4.42 Å². The molecule has 0 aliphatic heterocycles. The van der Waals surface area contributed by atoms with Gasteiger partial charge in [0, 0.05) is 39.1 Å². The summed E-state index contributed by atoms with van der Waals surface area (Å²) in [6.07, 6.45) is 2.84. The lowest BCUT2D eigenvalue weighted by molar-refractivity contribution is 0.669. The lowest BCUT2D eigenvalue weighted by atomic mass is 9.80. The first-order chi connectivity index (χ1) is 29.6. The van der Waals surface area contributed by atoms with Crippen LogP contribution in [-0.4, -0.2) is 19.5 Å². The van der Waals surface area contributed by atoms with Crippen molar-refractivity contribution in [2.45, 2.75) is 12.3 Å². The summed E-state index contributed by atoms with van der Waals surface area (Å²) >= 11 is 0. The Labute approximate surface area is 345 Å². The van der Waals surface area contributed by atoms with Crippen LogP contribution in [0.25, 0.3) is 93.1 Å². The summed E-state index contributed by atoms with van der Waals surface area (Å²) in [5.41, 5.74) is 11.7. The third kappa shape index (κ3) is 5.85. The van der Waals surface area contributed by atoms with Crippen molar-refractivity contribution in [1.29, 1.82) is 0 Å². The summed E-state index contributed by atoms with van der Waals surface area (Å²) in [4.78, 5) is 23.2. The number of hydrogen-bond donors (Lipinski definition) is 0. The maximum atomic E-state index is 7.83. The first-order valence-electron chi connectivity index (χ1n) is 19.8. The van der Waals surface area contributed by atoms with Gasteiger partial charge in [0.1, 0.15) is 11.2 Å². The van der Waals surface area contributed by atoms with Gasteiger partial charge in [0.05, 0.1) is 24.2 Å². The highest BCUT2D eigenvalue weighted by Crippen LogP contribution is 2.49. The van der Waals surface area contributed by atoms with Crippen LogP contribution in [0.1, 0.15) is 29.3 Å². The quantitative estimate of drug-likeness (QED) is 0.158. The van der Waals surface area contributed by atoms with Crippen molar-refractivity contribution >= 4 is 72.0 Å². The van der Waals surface area contributed by atoms with E-state index in [0.717, 1.165) is 82.8 Å². The highest BCUT2D eigenvalue weighted by atomic mass is 16.3. The number of rotatable bonds is 6. The van der Waals surface area contributed by atoms with Crippen molar-refractivity contribution in [3.63, 3.8) is 0 Å². The number of allylic oxidation sites excluding steroid dienone is 4. The summed E-state index contributed by atoms with van der Waals surface area (Å²) in [5, 5.41) is 3.97. The lowest BCUT2D eigenvalue weighted by Gasteiger charge is -2.31. The van der Waals surface area contributed by atoms with E-state index in [9.17, 15) is 0 Å². The molecule has 3 heterocycles. The Hall–Kier alpha value is -8.39. The molecule has 1 aliphatic carbocycles. The van der Waals surface area contributed by atoms with Crippen LogP contribution in [0.4, 0.5) is 11.4 Å². The second-order valence-electron chi connectivity index (χ2n) is 14.9. The van der Waals surface area contributed by atoms with Crippen LogP contribution in [0, 0.1) is 13.1 Å². The molecule has 1 atom stereocenters. The Morgan fingerprint density at radius 3 is 1.73 bits per heavy atom. The first-order valence-corrected chi connectivity index (χ1v) is 19.8. The first kappa shape index (κ1) is 34.8. The molecule has 10 aromatic rings. The summed E-state index contributed by atoms with van der Waals surface area (Å²) < 4.78 is 8.66. The minimum atomic E-state index is -0.145. The molecule has 280 valence electrons. The molecule has 1 unspecified atom stereocenters. The molecule has 0 bridgehead atoms. The fraction of sp³-hybridized carbons (Fsp3) is 0.0377. The Balaban J connectivity index is 1.19. The molecule has 3 aromatic heterocycles. The predicted octanol–water partition coefficient (Wildman–Crippen LogP) is 14.0. The van der Waals surface area contributed by atoms with Gasteiger partial charge in [-0.25, -0.2) is 24.6 Å². The van der Waals surface area contributed by atoms with Gasteiger partial charge in [-0.05, 0) is 82.4 Å². The molecule has 0 amide bonds. The molecule has 7 heteroatoms. The standard InChI is InChI=1S/C53H32N6O/c1-54-38-23-26-46-44(31-38)45-32-39(55-2)24-27-47(45)59(46)50-42(33-14-6-3-7-15-33)28-37(29-43(50)34-16-8-4-9-17-34)53-57-51(35-18-10-5-11-19-35)56-52(58-53)36-22-25-41-40-20-12-13-21-48(40)60-49(41)30-36/h3-28,30-32,43H,29H2. The van der Waals surface area contributed by atoms with E-state index >= 15 is 0 Å². The van der Waals surface area contributed by atoms with E-state index in [-0.39, 0.29) is 5.92 Å². The number of nitrogens with zero attached hydrogens (tertiary/aromatic N) is 6. The molecular weight excluding hydrogens is 737 g/mol. The van der Waals surface area contributed by atoms with Gasteiger partial charge in [-0.15, -0.1) is 0 Å². The largest absolute Gasteiger partial charge is 0.456 e. The van der Waals surface area contributed by atoms with Gasteiger partial charge in [0.2, 0.25) is 0 Å². The lowest BCUT2D eigenvalue weighted by Crippen LogP contribution is -2.16. The van der Waals surface area contributed by atoms with E-state index in [2.05, 4.69) is 87.1 Å². The second kappa shape index (κ2) is 14.2. The highest BCUT2D eigenvalue weighted by molar-refractivity contribution is 6.14. The molecule has 0 radical (unpaired) electrons. The molecule has 60 heavy (non-hydrogen) atoms. The van der Waals surface area contributed by atoms with Gasteiger partial charge in [-0.3, -0.25) is 0 Å². The van der Waals surface area contributed by atoms with Crippen molar-refractivity contribution in [3.8, 4) is 22.8 Å². The van der Waals surface area contributed by atoms with Gasteiger partial charge in [-0.1, -0.05) is 127 Å². The van der Waals surface area contributed by atoms with Crippen molar-refractivity contribution in [2.75, 3.05) is 0 Å². The van der Waals surface area contributed by atoms with Gasteiger partial charge in [0.25, 0.3) is 0 Å². The average Bonchev–Trinajstić information content (AvgIpc) is 3.86. The van der Waals surface area contributed by atoms with Crippen LogP contribution in [0.2, 0.25) is 0 Å². The zero-order chi connectivity index (χ0) is 40.2. The number of aromatic nitrogens is 4. The van der Waals surface area contributed by atoms with Gasteiger partial charge < -0.3 is 8.98 Å². The smallest absolute Gasteiger partial charge is 0.188 e. The van der Waals surface area contributed by atoms with Gasteiger partial charge in [-0.2, -0.15) is 0 Å². The van der Waals surface area contributed by atoms with Crippen LogP contribution >= 0.6 is 0 Å². The SMILES string of the molecule is [C-]#[N+]c1ccc2c(c1)c1cc([N+]#[C-])ccc1n2C1=C(c2ccccc2)C=C(c2nc(-c3ccccc3)nc(-c3ccc4c(c3)oc3ccccc34)n2)CC1c1ccccc1. The Bertz CT molecular complexity index is 3400. The Morgan fingerprint density at radius 2 is 1.07 bits per heavy atom. The summed E-state index contributed by atoms with van der Waals surface area (Å²) in [6, 6.07) is 57.1. The van der Waals surface area contributed by atoms with Crippen molar-refractivity contribution in [3.05, 3.63) is 216 Å². The highest BCUT2D eigenvalue weighted by Gasteiger charge is 2.32. The summed E-state index contributed by atoms with van der Waals surface area (Å²) in [5.74, 6) is 1.60. The minimum absolute atomic E-state index is 0.145. The van der Waals surface area contributed by atoms with Crippen LogP contribution in [0.3, 0.4) is 0 Å². The summed E-state index contributed by atoms with van der Waals surface area (Å²) in [6.45, 7) is 15.7. The molecular formula is C53H32N6O. The van der Waals surface area contributed by atoms with Crippen LogP contribution in [0.5, 0.6) is 0 Å². The topological polar surface area (TPSA) is 65.5 Å². The number of furan rings is 1. The van der Waals surface area contributed by atoms with Crippen molar-refractivity contribution in [1.82, 2.24) is 19.5 Å².